The van der Waals surface area contributed by atoms with Crippen molar-refractivity contribution in [3.63, 3.8) is 0 Å². The Hall–Kier alpha value is -1.09. The van der Waals surface area contributed by atoms with Crippen LogP contribution in [0.25, 0.3) is 0 Å². The molecule has 0 heterocycles. The summed E-state index contributed by atoms with van der Waals surface area (Å²) in [6.07, 6.45) is 12.2. The van der Waals surface area contributed by atoms with Crippen molar-refractivity contribution in [3.05, 3.63) is 35.4 Å². The van der Waals surface area contributed by atoms with Crippen molar-refractivity contribution in [2.75, 3.05) is 6.54 Å². The monoisotopic (exact) mass is 334 g/mol. The molecule has 0 radical (unpaired) electrons. The van der Waals surface area contributed by atoms with Gasteiger partial charge in [0.25, 0.3) is 0 Å². The van der Waals surface area contributed by atoms with Gasteiger partial charge in [-0.3, -0.25) is 0 Å². The molecule has 0 amide bonds. The number of hydrogen-bond donors (Lipinski definition) is 2. The van der Waals surface area contributed by atoms with E-state index in [1.165, 1.54) is 68.9 Å². The number of rotatable bonds is 12. The van der Waals surface area contributed by atoms with Crippen LogP contribution in [0.2, 0.25) is 0 Å². The first-order valence-corrected chi connectivity index (χ1v) is 9.70. The zero-order chi connectivity index (χ0) is 16.8. The maximum absolute atomic E-state index is 5.32. The third kappa shape index (κ3) is 11.1. The van der Waals surface area contributed by atoms with Gasteiger partial charge in [0.05, 0.1) is 0 Å². The molecule has 2 N–H and O–H groups in total. The molecule has 0 aliphatic heterocycles. The smallest absolute Gasteiger partial charge is 0.166 e. The van der Waals surface area contributed by atoms with Crippen molar-refractivity contribution in [3.8, 4) is 0 Å². The molecular weight excluding hydrogens is 300 g/mol. The van der Waals surface area contributed by atoms with E-state index in [4.69, 9.17) is 12.2 Å². The first-order chi connectivity index (χ1) is 11.2. The van der Waals surface area contributed by atoms with E-state index in [-0.39, 0.29) is 0 Å². The van der Waals surface area contributed by atoms with E-state index in [9.17, 15) is 0 Å². The van der Waals surface area contributed by atoms with Crippen LogP contribution in [0.15, 0.2) is 24.3 Å². The number of thiocarbonyl (C=S) groups is 1. The lowest BCUT2D eigenvalue weighted by atomic mass is 10.1. The van der Waals surface area contributed by atoms with Crippen molar-refractivity contribution in [1.82, 2.24) is 10.6 Å². The molecule has 0 atom stereocenters. The summed E-state index contributed by atoms with van der Waals surface area (Å²) in [5, 5.41) is 7.34. The summed E-state index contributed by atoms with van der Waals surface area (Å²) < 4.78 is 0. The Morgan fingerprint density at radius 1 is 0.826 bits per heavy atom. The molecule has 0 unspecified atom stereocenters. The highest BCUT2D eigenvalue weighted by Crippen LogP contribution is 2.09. The lowest BCUT2D eigenvalue weighted by Crippen LogP contribution is -2.35. The number of unbranched alkanes of at least 4 members (excludes halogenated alkanes) is 8. The molecule has 23 heavy (non-hydrogen) atoms. The molecule has 0 aromatic heterocycles. The highest BCUT2D eigenvalue weighted by Gasteiger charge is 1.97. The van der Waals surface area contributed by atoms with Crippen molar-refractivity contribution in [2.24, 2.45) is 0 Å². The van der Waals surface area contributed by atoms with Gasteiger partial charge < -0.3 is 10.6 Å². The molecule has 0 bridgehead atoms. The molecule has 0 saturated heterocycles. The molecule has 2 nitrogen and oxygen atoms in total. The fraction of sp³-hybridized carbons (Fsp3) is 0.650. The SMILES string of the molecule is CCCCCCCCCCCNC(=S)NCc1ccc(C)cc1. The minimum absolute atomic E-state index is 0.769. The van der Waals surface area contributed by atoms with Gasteiger partial charge in [-0.05, 0) is 31.1 Å². The summed E-state index contributed by atoms with van der Waals surface area (Å²) in [7, 11) is 0. The van der Waals surface area contributed by atoms with E-state index in [2.05, 4.69) is 48.7 Å². The number of aryl methyl sites for hydroxylation is 1. The highest BCUT2D eigenvalue weighted by atomic mass is 32.1. The fourth-order valence-corrected chi connectivity index (χ4v) is 2.76. The first kappa shape index (κ1) is 20.0. The minimum Gasteiger partial charge on any atom is -0.363 e. The van der Waals surface area contributed by atoms with Gasteiger partial charge in [0.15, 0.2) is 5.11 Å². The van der Waals surface area contributed by atoms with Gasteiger partial charge in [-0.1, -0.05) is 88.1 Å². The molecular formula is C20H34N2S. The van der Waals surface area contributed by atoms with E-state index in [0.717, 1.165) is 18.2 Å². The molecule has 130 valence electrons. The molecule has 0 fully saturated rings. The molecule has 0 saturated carbocycles. The summed E-state index contributed by atoms with van der Waals surface area (Å²) in [6.45, 7) is 6.15. The van der Waals surface area contributed by atoms with Crippen molar-refractivity contribution in [2.45, 2.75) is 78.2 Å². The summed E-state index contributed by atoms with van der Waals surface area (Å²) in [5.74, 6) is 0. The van der Waals surface area contributed by atoms with Gasteiger partial charge in [-0.25, -0.2) is 0 Å². The molecule has 0 aliphatic carbocycles. The van der Waals surface area contributed by atoms with E-state index in [1.807, 2.05) is 0 Å². The highest BCUT2D eigenvalue weighted by molar-refractivity contribution is 7.80. The van der Waals surface area contributed by atoms with E-state index in [1.54, 1.807) is 0 Å². The second kappa shape index (κ2) is 13.4. The van der Waals surface area contributed by atoms with E-state index in [0.29, 0.717) is 0 Å². The molecule has 0 spiro atoms. The molecule has 1 aromatic carbocycles. The Morgan fingerprint density at radius 3 is 2.00 bits per heavy atom. The van der Waals surface area contributed by atoms with Gasteiger partial charge in [0, 0.05) is 13.1 Å². The summed E-state index contributed by atoms with van der Waals surface area (Å²) in [5.41, 5.74) is 2.56. The second-order valence-corrected chi connectivity index (χ2v) is 6.83. The van der Waals surface area contributed by atoms with Gasteiger partial charge >= 0.3 is 0 Å². The Kier molecular flexibility index (Phi) is 11.6. The van der Waals surface area contributed by atoms with Crippen LogP contribution in [0.4, 0.5) is 0 Å². The summed E-state index contributed by atoms with van der Waals surface area (Å²) in [6, 6.07) is 8.56. The maximum atomic E-state index is 5.32. The molecule has 3 heteroatoms. The van der Waals surface area contributed by atoms with E-state index >= 15 is 0 Å². The summed E-state index contributed by atoms with van der Waals surface area (Å²) >= 11 is 5.32. The standard InChI is InChI=1S/C20H34N2S/c1-3-4-5-6-7-8-9-10-11-16-21-20(23)22-17-19-14-12-18(2)13-15-19/h12-15H,3-11,16-17H2,1-2H3,(H2,21,22,23). The number of hydrogen-bond acceptors (Lipinski definition) is 1. The Morgan fingerprint density at radius 2 is 1.39 bits per heavy atom. The van der Waals surface area contributed by atoms with Crippen molar-refractivity contribution >= 4 is 17.3 Å². The van der Waals surface area contributed by atoms with Gasteiger partial charge in [0.1, 0.15) is 0 Å². The van der Waals surface area contributed by atoms with Gasteiger partial charge in [-0.15, -0.1) is 0 Å². The summed E-state index contributed by atoms with van der Waals surface area (Å²) in [4.78, 5) is 0. The zero-order valence-corrected chi connectivity index (χ0v) is 15.8. The molecule has 0 aliphatic rings. The predicted octanol–water partition coefficient (Wildman–Crippen LogP) is 5.49. The van der Waals surface area contributed by atoms with Crippen molar-refractivity contribution in [1.29, 1.82) is 0 Å². The van der Waals surface area contributed by atoms with Gasteiger partial charge in [-0.2, -0.15) is 0 Å². The quantitative estimate of drug-likeness (QED) is 0.390. The van der Waals surface area contributed by atoms with Crippen LogP contribution in [0.3, 0.4) is 0 Å². The largest absolute Gasteiger partial charge is 0.363 e. The second-order valence-electron chi connectivity index (χ2n) is 6.42. The van der Waals surface area contributed by atoms with Gasteiger partial charge in [0.2, 0.25) is 0 Å². The fourth-order valence-electron chi connectivity index (χ4n) is 2.59. The first-order valence-electron chi connectivity index (χ1n) is 9.29. The topological polar surface area (TPSA) is 24.1 Å². The average molecular weight is 335 g/mol. The maximum Gasteiger partial charge on any atom is 0.166 e. The van der Waals surface area contributed by atoms with Crippen LogP contribution in [0.5, 0.6) is 0 Å². The van der Waals surface area contributed by atoms with E-state index < -0.39 is 0 Å². The van der Waals surface area contributed by atoms with Crippen LogP contribution in [-0.2, 0) is 6.54 Å². The molecule has 1 rings (SSSR count). The van der Waals surface area contributed by atoms with Crippen LogP contribution in [-0.4, -0.2) is 11.7 Å². The normalized spacial score (nSPS) is 10.5. The molecule has 1 aromatic rings. The predicted molar refractivity (Wildman–Crippen MR) is 106 cm³/mol. The lowest BCUT2D eigenvalue weighted by Gasteiger charge is -2.10. The van der Waals surface area contributed by atoms with Crippen molar-refractivity contribution < 1.29 is 0 Å². The Balaban J connectivity index is 1.91. The number of benzene rings is 1. The Bertz CT molecular complexity index is 414. The van der Waals surface area contributed by atoms with Crippen LogP contribution >= 0.6 is 12.2 Å². The van der Waals surface area contributed by atoms with Crippen LogP contribution in [0.1, 0.15) is 75.8 Å². The third-order valence-electron chi connectivity index (χ3n) is 4.14. The lowest BCUT2D eigenvalue weighted by molar-refractivity contribution is 0.562. The minimum atomic E-state index is 0.769. The Labute approximate surface area is 148 Å². The third-order valence-corrected chi connectivity index (χ3v) is 4.43. The van der Waals surface area contributed by atoms with Crippen LogP contribution in [0, 0.1) is 6.92 Å². The van der Waals surface area contributed by atoms with Crippen LogP contribution < -0.4 is 10.6 Å². The zero-order valence-electron chi connectivity index (χ0n) is 15.0. The average Bonchev–Trinajstić information content (AvgIpc) is 2.56. The number of nitrogens with one attached hydrogen (secondary N) is 2.